The van der Waals surface area contributed by atoms with Gasteiger partial charge in [0.1, 0.15) is 0 Å². The molecule has 0 aliphatic rings. The number of thioether (sulfide) groups is 1. The first-order valence-corrected chi connectivity index (χ1v) is 10.6. The monoisotopic (exact) mass is 447 g/mol. The van der Waals surface area contributed by atoms with Crippen LogP contribution in [0.4, 0.5) is 0 Å². The fourth-order valence-electron chi connectivity index (χ4n) is 2.58. The lowest BCUT2D eigenvalue weighted by molar-refractivity contribution is -0.118. The van der Waals surface area contributed by atoms with E-state index in [-0.39, 0.29) is 11.7 Å². The molecule has 2 aromatic carbocycles. The average Bonchev–Trinajstić information content (AvgIpc) is 3.16. The highest BCUT2D eigenvalue weighted by Gasteiger charge is 2.14. The smallest absolute Gasteiger partial charge is 0.250 e. The SMILES string of the molecule is CCn1c(SCC(=O)N/N=C(\C)c2ccc(Cl)c(Cl)c2)nnc1-c1ccccc1. The predicted molar refractivity (Wildman–Crippen MR) is 119 cm³/mol. The van der Waals surface area contributed by atoms with E-state index in [1.165, 1.54) is 11.8 Å². The van der Waals surface area contributed by atoms with Crippen molar-refractivity contribution < 1.29 is 4.79 Å². The lowest BCUT2D eigenvalue weighted by Gasteiger charge is -2.07. The highest BCUT2D eigenvalue weighted by molar-refractivity contribution is 7.99. The second-order valence-corrected chi connectivity index (χ2v) is 7.82. The van der Waals surface area contributed by atoms with Crippen molar-refractivity contribution in [2.75, 3.05) is 5.75 Å². The minimum atomic E-state index is -0.235. The molecule has 9 heteroatoms. The molecule has 0 unspecified atom stereocenters. The van der Waals surface area contributed by atoms with Crippen LogP contribution in [0, 0.1) is 0 Å². The second kappa shape index (κ2) is 9.91. The van der Waals surface area contributed by atoms with Crippen LogP contribution in [0.2, 0.25) is 10.0 Å². The van der Waals surface area contributed by atoms with Gasteiger partial charge in [0.2, 0.25) is 0 Å². The maximum Gasteiger partial charge on any atom is 0.250 e. The summed E-state index contributed by atoms with van der Waals surface area (Å²) in [7, 11) is 0. The van der Waals surface area contributed by atoms with Crippen molar-refractivity contribution in [3.8, 4) is 11.4 Å². The number of amides is 1. The number of hydrogen-bond acceptors (Lipinski definition) is 5. The Bertz CT molecular complexity index is 1040. The predicted octanol–water partition coefficient (Wildman–Crippen LogP) is 4.90. The van der Waals surface area contributed by atoms with E-state index in [0.717, 1.165) is 17.0 Å². The highest BCUT2D eigenvalue weighted by Crippen LogP contribution is 2.24. The fourth-order valence-corrected chi connectivity index (χ4v) is 3.67. The quantitative estimate of drug-likeness (QED) is 0.317. The third-order valence-electron chi connectivity index (χ3n) is 4.08. The molecule has 1 aromatic heterocycles. The Morgan fingerprint density at radius 1 is 1.14 bits per heavy atom. The van der Waals surface area contributed by atoms with Gasteiger partial charge in [-0.05, 0) is 31.5 Å². The summed E-state index contributed by atoms with van der Waals surface area (Å²) in [5, 5.41) is 14.2. The summed E-state index contributed by atoms with van der Waals surface area (Å²) in [4.78, 5) is 12.2. The molecule has 1 amide bonds. The van der Waals surface area contributed by atoms with E-state index in [1.807, 2.05) is 41.8 Å². The maximum atomic E-state index is 12.2. The van der Waals surface area contributed by atoms with Gasteiger partial charge in [-0.1, -0.05) is 71.4 Å². The van der Waals surface area contributed by atoms with Gasteiger partial charge >= 0.3 is 0 Å². The van der Waals surface area contributed by atoms with Crippen LogP contribution >= 0.6 is 35.0 Å². The Morgan fingerprint density at radius 3 is 2.59 bits per heavy atom. The van der Waals surface area contributed by atoms with Crippen LogP contribution < -0.4 is 5.43 Å². The minimum Gasteiger partial charge on any atom is -0.302 e. The Kier molecular flexibility index (Phi) is 7.30. The Hall–Kier alpha value is -2.35. The van der Waals surface area contributed by atoms with Crippen molar-refractivity contribution in [3.63, 3.8) is 0 Å². The molecule has 0 saturated carbocycles. The van der Waals surface area contributed by atoms with Crippen molar-refractivity contribution in [3.05, 3.63) is 64.1 Å². The third kappa shape index (κ3) is 5.38. The van der Waals surface area contributed by atoms with E-state index >= 15 is 0 Å². The molecule has 3 aromatic rings. The molecule has 6 nitrogen and oxygen atoms in total. The van der Waals surface area contributed by atoms with Gasteiger partial charge in [-0.3, -0.25) is 4.79 Å². The first-order valence-electron chi connectivity index (χ1n) is 8.89. The topological polar surface area (TPSA) is 72.2 Å². The molecule has 0 spiro atoms. The second-order valence-electron chi connectivity index (χ2n) is 6.07. The molecular weight excluding hydrogens is 429 g/mol. The summed E-state index contributed by atoms with van der Waals surface area (Å²) >= 11 is 13.3. The van der Waals surface area contributed by atoms with Crippen LogP contribution in [-0.2, 0) is 11.3 Å². The van der Waals surface area contributed by atoms with E-state index in [1.54, 1.807) is 25.1 Å². The zero-order valence-electron chi connectivity index (χ0n) is 15.9. The van der Waals surface area contributed by atoms with E-state index in [4.69, 9.17) is 23.2 Å². The fraction of sp³-hybridized carbons (Fsp3) is 0.200. The molecule has 150 valence electrons. The van der Waals surface area contributed by atoms with Crippen molar-refractivity contribution in [2.45, 2.75) is 25.5 Å². The van der Waals surface area contributed by atoms with Crippen molar-refractivity contribution in [1.82, 2.24) is 20.2 Å². The van der Waals surface area contributed by atoms with Gasteiger partial charge in [0.15, 0.2) is 11.0 Å². The summed E-state index contributed by atoms with van der Waals surface area (Å²) in [6.45, 7) is 4.51. The number of nitrogens with one attached hydrogen (secondary N) is 1. The van der Waals surface area contributed by atoms with E-state index in [0.29, 0.717) is 27.5 Å². The number of aromatic nitrogens is 3. The lowest BCUT2D eigenvalue weighted by atomic mass is 10.1. The number of carbonyl (C=O) groups excluding carboxylic acids is 1. The van der Waals surface area contributed by atoms with E-state index in [2.05, 4.69) is 20.7 Å². The highest BCUT2D eigenvalue weighted by atomic mass is 35.5. The number of carbonyl (C=O) groups is 1. The number of hydrogen-bond donors (Lipinski definition) is 1. The van der Waals surface area contributed by atoms with Gasteiger partial charge in [0, 0.05) is 12.1 Å². The Balaban J connectivity index is 1.62. The van der Waals surface area contributed by atoms with E-state index < -0.39 is 0 Å². The number of hydrazone groups is 1. The number of halogens is 2. The van der Waals surface area contributed by atoms with Crippen molar-refractivity contribution in [2.24, 2.45) is 5.10 Å². The van der Waals surface area contributed by atoms with Crippen molar-refractivity contribution >= 4 is 46.6 Å². The molecule has 29 heavy (non-hydrogen) atoms. The summed E-state index contributed by atoms with van der Waals surface area (Å²) in [6.07, 6.45) is 0. The molecule has 0 bridgehead atoms. The summed E-state index contributed by atoms with van der Waals surface area (Å²) in [6, 6.07) is 15.0. The van der Waals surface area contributed by atoms with Crippen molar-refractivity contribution in [1.29, 1.82) is 0 Å². The Labute approximate surface area is 183 Å². The normalized spacial score (nSPS) is 11.5. The summed E-state index contributed by atoms with van der Waals surface area (Å²) < 4.78 is 1.98. The van der Waals surface area contributed by atoms with Gasteiger partial charge in [-0.15, -0.1) is 10.2 Å². The molecule has 0 atom stereocenters. The average molecular weight is 448 g/mol. The molecule has 0 aliphatic carbocycles. The molecular formula is C20H19Cl2N5OS. The zero-order valence-corrected chi connectivity index (χ0v) is 18.2. The number of benzene rings is 2. The van der Waals surface area contributed by atoms with E-state index in [9.17, 15) is 4.79 Å². The summed E-state index contributed by atoms with van der Waals surface area (Å²) in [5.74, 6) is 0.719. The van der Waals surface area contributed by atoms with Gasteiger partial charge in [-0.2, -0.15) is 5.10 Å². The van der Waals surface area contributed by atoms with Crippen LogP contribution in [0.25, 0.3) is 11.4 Å². The first-order chi connectivity index (χ1) is 14.0. The lowest BCUT2D eigenvalue weighted by Crippen LogP contribution is -2.21. The molecule has 0 saturated heterocycles. The van der Waals surface area contributed by atoms with Crippen LogP contribution in [0.3, 0.4) is 0 Å². The van der Waals surface area contributed by atoms with Crippen LogP contribution in [0.1, 0.15) is 19.4 Å². The molecule has 1 heterocycles. The molecule has 1 N–H and O–H groups in total. The maximum absolute atomic E-state index is 12.2. The van der Waals surface area contributed by atoms with Crippen LogP contribution in [0.15, 0.2) is 58.8 Å². The van der Waals surface area contributed by atoms with Crippen LogP contribution in [0.5, 0.6) is 0 Å². The van der Waals surface area contributed by atoms with Crippen LogP contribution in [-0.4, -0.2) is 32.1 Å². The summed E-state index contributed by atoms with van der Waals surface area (Å²) in [5.41, 5.74) is 4.95. The molecule has 0 radical (unpaired) electrons. The molecule has 0 fully saturated rings. The number of nitrogens with zero attached hydrogens (tertiary/aromatic N) is 4. The van der Waals surface area contributed by atoms with Gasteiger partial charge < -0.3 is 4.57 Å². The third-order valence-corrected chi connectivity index (χ3v) is 5.79. The Morgan fingerprint density at radius 2 is 1.90 bits per heavy atom. The standard InChI is InChI=1S/C20H19Cl2N5OS/c1-3-27-19(14-7-5-4-6-8-14)25-26-20(27)29-12-18(28)24-23-13(2)15-9-10-16(21)17(22)11-15/h4-11H,3,12H2,1-2H3,(H,24,28)/b23-13+. The largest absolute Gasteiger partial charge is 0.302 e. The zero-order chi connectivity index (χ0) is 20.8. The minimum absolute atomic E-state index is 0.172. The van der Waals surface area contributed by atoms with Gasteiger partial charge in [0.05, 0.1) is 21.5 Å². The molecule has 3 rings (SSSR count). The number of rotatable bonds is 7. The van der Waals surface area contributed by atoms with Gasteiger partial charge in [0.25, 0.3) is 5.91 Å². The van der Waals surface area contributed by atoms with Gasteiger partial charge in [-0.25, -0.2) is 5.43 Å². The molecule has 0 aliphatic heterocycles. The first kappa shape index (κ1) is 21.4.